The lowest BCUT2D eigenvalue weighted by Crippen LogP contribution is -2.60. The van der Waals surface area contributed by atoms with Crippen LogP contribution in [0.25, 0.3) is 0 Å². The van der Waals surface area contributed by atoms with Crippen LogP contribution in [0.15, 0.2) is 23.8 Å². The highest BCUT2D eigenvalue weighted by Crippen LogP contribution is 2.48. The molecule has 3 atom stereocenters. The Balaban J connectivity index is 2.78. The third kappa shape index (κ3) is 7.57. The number of allylic oxidation sites excluding steroid dienone is 1. The van der Waals surface area contributed by atoms with E-state index in [0.29, 0.717) is 19.6 Å². The Kier molecular flexibility index (Phi) is 9.62. The number of fused-ring (bicyclic) bond motifs is 1. The summed E-state index contributed by atoms with van der Waals surface area (Å²) in [6, 6.07) is 0. The van der Waals surface area contributed by atoms with Crippen LogP contribution in [0.5, 0.6) is 0 Å². The highest BCUT2D eigenvalue weighted by atomic mass is 28.4. The van der Waals surface area contributed by atoms with Gasteiger partial charge in [0.1, 0.15) is 18.3 Å². The molecule has 0 aromatic rings. The Bertz CT molecular complexity index is 969. The molecule has 0 radical (unpaired) electrons. The number of rotatable bonds is 6. The summed E-state index contributed by atoms with van der Waals surface area (Å²) >= 11 is 0. The molecule has 202 valence electrons. The number of hydrogen-bond donors (Lipinski definition) is 0. The van der Waals surface area contributed by atoms with Crippen LogP contribution in [-0.2, 0) is 18.0 Å². The molecular formula is C29H50O4Si3. The van der Waals surface area contributed by atoms with Crippen molar-refractivity contribution in [1.82, 2.24) is 0 Å². The molecule has 7 heteroatoms. The van der Waals surface area contributed by atoms with E-state index in [9.17, 15) is 0 Å². The van der Waals surface area contributed by atoms with E-state index in [4.69, 9.17) is 18.0 Å². The second kappa shape index (κ2) is 11.1. The third-order valence-corrected chi connectivity index (χ3v) is 17.7. The molecule has 4 nitrogen and oxygen atoms in total. The zero-order chi connectivity index (χ0) is 27.6. The molecule has 2 rings (SSSR count). The van der Waals surface area contributed by atoms with E-state index >= 15 is 0 Å². The van der Waals surface area contributed by atoms with Gasteiger partial charge in [-0.2, -0.15) is 0 Å². The summed E-state index contributed by atoms with van der Waals surface area (Å²) in [5.41, 5.74) is 0.165. The lowest BCUT2D eigenvalue weighted by Gasteiger charge is -2.48. The zero-order valence-corrected chi connectivity index (χ0v) is 28.1. The first-order chi connectivity index (χ1) is 16.2. The molecule has 0 amide bonds. The standard InChI is InChI=1S/C29H50O4Si3/c1-27(2,3)35(10,11)31-25-23-24-19-15-14-17-21-30-22-18-16-20-29(24,33-34(7,8)9)26(25)32-36(12,13)28(4,5)6/h14,17,23,25-26H,20-22H2,1-13H3/b17-14-/t25-,26+,29+/m1/s1. The predicted octanol–water partition coefficient (Wildman–Crippen LogP) is 7.28. The molecule has 0 aromatic heterocycles. The molecular weight excluding hydrogens is 497 g/mol. The minimum absolute atomic E-state index is 0.0386. The van der Waals surface area contributed by atoms with Gasteiger partial charge in [0.15, 0.2) is 25.0 Å². The van der Waals surface area contributed by atoms with Gasteiger partial charge in [0.25, 0.3) is 0 Å². The summed E-state index contributed by atoms with van der Waals surface area (Å²) in [6.45, 7) is 30.5. The predicted molar refractivity (Wildman–Crippen MR) is 160 cm³/mol. The van der Waals surface area contributed by atoms with E-state index in [-0.39, 0.29) is 22.3 Å². The van der Waals surface area contributed by atoms with Gasteiger partial charge in [-0.3, -0.25) is 0 Å². The highest BCUT2D eigenvalue weighted by Gasteiger charge is 2.58. The maximum Gasteiger partial charge on any atom is 0.193 e. The molecule has 1 heterocycles. The van der Waals surface area contributed by atoms with Crippen molar-refractivity contribution in [2.24, 2.45) is 0 Å². The fraction of sp³-hybridized carbons (Fsp3) is 0.724. The van der Waals surface area contributed by atoms with Gasteiger partial charge in [0, 0.05) is 12.0 Å². The van der Waals surface area contributed by atoms with Crippen molar-refractivity contribution < 1.29 is 18.0 Å². The summed E-state index contributed by atoms with van der Waals surface area (Å²) in [5.74, 6) is 13.3. The summed E-state index contributed by atoms with van der Waals surface area (Å²) in [7, 11) is -6.37. The average molecular weight is 547 g/mol. The topological polar surface area (TPSA) is 36.9 Å². The van der Waals surface area contributed by atoms with Gasteiger partial charge in [0.2, 0.25) is 0 Å². The minimum Gasteiger partial charge on any atom is -0.408 e. The van der Waals surface area contributed by atoms with Crippen molar-refractivity contribution in [3.05, 3.63) is 23.8 Å². The molecule has 1 aliphatic heterocycles. The van der Waals surface area contributed by atoms with E-state index in [1.54, 1.807) is 0 Å². The highest BCUT2D eigenvalue weighted by molar-refractivity contribution is 6.74. The van der Waals surface area contributed by atoms with Gasteiger partial charge in [0.05, 0.1) is 12.7 Å². The Morgan fingerprint density at radius 1 is 0.889 bits per heavy atom. The minimum atomic E-state index is -2.20. The van der Waals surface area contributed by atoms with Gasteiger partial charge in [-0.05, 0) is 68.1 Å². The molecule has 1 aliphatic carbocycles. The lowest BCUT2D eigenvalue weighted by molar-refractivity contribution is -0.0499. The van der Waals surface area contributed by atoms with E-state index in [1.165, 1.54) is 0 Å². The molecule has 0 aromatic carbocycles. The molecule has 0 N–H and O–H groups in total. The fourth-order valence-electron chi connectivity index (χ4n) is 3.77. The van der Waals surface area contributed by atoms with Crippen molar-refractivity contribution in [3.63, 3.8) is 0 Å². The first-order valence-corrected chi connectivity index (χ1v) is 22.4. The summed E-state index contributed by atoms with van der Waals surface area (Å²) in [4.78, 5) is 0. The van der Waals surface area contributed by atoms with E-state index in [0.717, 1.165) is 5.57 Å². The van der Waals surface area contributed by atoms with Crippen LogP contribution < -0.4 is 0 Å². The van der Waals surface area contributed by atoms with Gasteiger partial charge in [-0.1, -0.05) is 71.3 Å². The maximum atomic E-state index is 7.27. The molecule has 36 heavy (non-hydrogen) atoms. The second-order valence-electron chi connectivity index (χ2n) is 14.0. The molecule has 0 bridgehead atoms. The smallest absolute Gasteiger partial charge is 0.193 e. The number of hydrogen-bond acceptors (Lipinski definition) is 4. The van der Waals surface area contributed by atoms with E-state index < -0.39 is 30.6 Å². The Labute approximate surface area is 225 Å². The summed E-state index contributed by atoms with van der Waals surface area (Å²) in [5, 5.41) is 0.106. The first-order valence-electron chi connectivity index (χ1n) is 13.2. The monoisotopic (exact) mass is 546 g/mol. The van der Waals surface area contributed by atoms with E-state index in [2.05, 4.69) is 117 Å². The van der Waals surface area contributed by atoms with Crippen molar-refractivity contribution in [1.29, 1.82) is 0 Å². The average Bonchev–Trinajstić information content (AvgIpc) is 2.90. The number of ether oxygens (including phenoxy) is 1. The first kappa shape index (κ1) is 31.3. The van der Waals surface area contributed by atoms with Crippen LogP contribution in [0, 0.1) is 23.7 Å². The molecule has 0 saturated carbocycles. The van der Waals surface area contributed by atoms with Crippen molar-refractivity contribution in [2.75, 3.05) is 13.2 Å². The van der Waals surface area contributed by atoms with Crippen LogP contribution >= 0.6 is 0 Å². The maximum absolute atomic E-state index is 7.27. The van der Waals surface area contributed by atoms with Gasteiger partial charge in [-0.15, -0.1) is 0 Å². The van der Waals surface area contributed by atoms with Gasteiger partial charge < -0.3 is 18.0 Å². The van der Waals surface area contributed by atoms with E-state index in [1.807, 2.05) is 12.2 Å². The van der Waals surface area contributed by atoms with Crippen LogP contribution in [-0.4, -0.2) is 56.0 Å². The quantitative estimate of drug-likeness (QED) is 0.259. The van der Waals surface area contributed by atoms with Crippen molar-refractivity contribution >= 4 is 25.0 Å². The summed E-state index contributed by atoms with van der Waals surface area (Å²) < 4.78 is 27.1. The zero-order valence-electron chi connectivity index (χ0n) is 25.1. The van der Waals surface area contributed by atoms with Crippen LogP contribution in [0.1, 0.15) is 48.0 Å². The van der Waals surface area contributed by atoms with Gasteiger partial charge >= 0.3 is 0 Å². The molecule has 0 saturated heterocycles. The molecule has 2 aliphatic rings. The fourth-order valence-corrected chi connectivity index (χ4v) is 7.70. The normalized spacial score (nSPS) is 26.9. The Morgan fingerprint density at radius 3 is 2.03 bits per heavy atom. The Hall–Kier alpha value is -0.909. The second-order valence-corrected chi connectivity index (χ2v) is 28.0. The van der Waals surface area contributed by atoms with Gasteiger partial charge in [-0.25, -0.2) is 0 Å². The molecule has 0 unspecified atom stereocenters. The largest absolute Gasteiger partial charge is 0.408 e. The van der Waals surface area contributed by atoms with Crippen LogP contribution in [0.3, 0.4) is 0 Å². The third-order valence-electron chi connectivity index (χ3n) is 7.77. The lowest BCUT2D eigenvalue weighted by atomic mass is 9.89. The Morgan fingerprint density at radius 2 is 1.47 bits per heavy atom. The van der Waals surface area contributed by atoms with Crippen molar-refractivity contribution in [2.45, 2.75) is 122 Å². The summed E-state index contributed by atoms with van der Waals surface area (Å²) in [6.07, 6.45) is 5.93. The molecule has 0 fully saturated rings. The van der Waals surface area contributed by atoms with Crippen LogP contribution in [0.2, 0.25) is 55.9 Å². The SMILES string of the molecule is CC(C)(C)[Si](C)(C)O[C@@H]1C=C2C#C/C=C\COCC#CC[C@@]2(O[Si](C)(C)C)[C@H]1O[Si](C)(C)C(C)(C)C. The molecule has 0 spiro atoms. The van der Waals surface area contributed by atoms with Crippen LogP contribution in [0.4, 0.5) is 0 Å². The van der Waals surface area contributed by atoms with Crippen molar-refractivity contribution in [3.8, 4) is 23.7 Å².